The predicted molar refractivity (Wildman–Crippen MR) is 80.1 cm³/mol. The average Bonchev–Trinajstić information content (AvgIpc) is 2.53. The van der Waals surface area contributed by atoms with Crippen LogP contribution in [0.15, 0.2) is 30.5 Å². The second kappa shape index (κ2) is 5.68. The van der Waals surface area contributed by atoms with E-state index in [9.17, 15) is 10.4 Å². The Morgan fingerprint density at radius 1 is 1.43 bits per heavy atom. The minimum Gasteiger partial charge on any atom is -0.394 e. The van der Waals surface area contributed by atoms with E-state index >= 15 is 0 Å². The van der Waals surface area contributed by atoms with Gasteiger partial charge in [0.1, 0.15) is 6.07 Å². The molecule has 0 saturated carbocycles. The first-order chi connectivity index (χ1) is 10.2. The highest BCUT2D eigenvalue weighted by Gasteiger charge is 2.26. The molecule has 2 atom stereocenters. The molecule has 21 heavy (non-hydrogen) atoms. The molecule has 2 heterocycles. The zero-order chi connectivity index (χ0) is 14.8. The standard InChI is InChI=1S/C16H17N3O2/c1-11-8-19(9-13(10-20)21-11)15-5-4-12(7-17)16-14(15)3-2-6-18-16/h2-6,11,13,20H,8-10H2,1H3/t11-,13-/m0/s1. The van der Waals surface area contributed by atoms with Crippen molar-refractivity contribution in [3.63, 3.8) is 0 Å². The molecule has 0 radical (unpaired) electrons. The number of ether oxygens (including phenoxy) is 1. The summed E-state index contributed by atoms with van der Waals surface area (Å²) in [5, 5.41) is 19.5. The molecular formula is C16H17N3O2. The summed E-state index contributed by atoms with van der Waals surface area (Å²) in [6.07, 6.45) is 1.57. The van der Waals surface area contributed by atoms with E-state index in [-0.39, 0.29) is 18.8 Å². The molecule has 0 amide bonds. The maximum absolute atomic E-state index is 9.36. The summed E-state index contributed by atoms with van der Waals surface area (Å²) in [6, 6.07) is 9.79. The van der Waals surface area contributed by atoms with Crippen molar-refractivity contribution in [3.8, 4) is 6.07 Å². The number of aliphatic hydroxyl groups excluding tert-OH is 1. The summed E-state index contributed by atoms with van der Waals surface area (Å²) >= 11 is 0. The van der Waals surface area contributed by atoms with Crippen LogP contribution in [0.1, 0.15) is 12.5 Å². The SMILES string of the molecule is C[C@H]1CN(c2ccc(C#N)c3ncccc23)C[C@@H](CO)O1. The van der Waals surface area contributed by atoms with Crippen molar-refractivity contribution in [2.75, 3.05) is 24.6 Å². The highest BCUT2D eigenvalue weighted by atomic mass is 16.5. The Bertz CT molecular complexity index is 695. The maximum atomic E-state index is 9.36. The van der Waals surface area contributed by atoms with E-state index in [1.807, 2.05) is 25.1 Å². The van der Waals surface area contributed by atoms with Gasteiger partial charge in [0.25, 0.3) is 0 Å². The molecule has 0 unspecified atom stereocenters. The van der Waals surface area contributed by atoms with Crippen LogP contribution in [0.2, 0.25) is 0 Å². The molecule has 5 nitrogen and oxygen atoms in total. The zero-order valence-electron chi connectivity index (χ0n) is 11.9. The van der Waals surface area contributed by atoms with Crippen molar-refractivity contribution in [1.29, 1.82) is 5.26 Å². The molecule has 1 aromatic carbocycles. The number of hydrogen-bond donors (Lipinski definition) is 1. The topological polar surface area (TPSA) is 69.4 Å². The number of anilines is 1. The number of fused-ring (bicyclic) bond motifs is 1. The maximum Gasteiger partial charge on any atom is 0.101 e. The van der Waals surface area contributed by atoms with Gasteiger partial charge in [-0.2, -0.15) is 5.26 Å². The monoisotopic (exact) mass is 283 g/mol. The lowest BCUT2D eigenvalue weighted by atomic mass is 10.1. The second-order valence-corrected chi connectivity index (χ2v) is 5.30. The Morgan fingerprint density at radius 3 is 3.05 bits per heavy atom. The van der Waals surface area contributed by atoms with Gasteiger partial charge in [0.15, 0.2) is 0 Å². The van der Waals surface area contributed by atoms with Gasteiger partial charge >= 0.3 is 0 Å². The quantitative estimate of drug-likeness (QED) is 0.908. The molecule has 0 bridgehead atoms. The Hall–Kier alpha value is -2.16. The number of nitriles is 1. The molecule has 1 fully saturated rings. The van der Waals surface area contributed by atoms with Gasteiger partial charge in [0, 0.05) is 30.4 Å². The molecule has 1 aliphatic heterocycles. The Labute approximate surface area is 123 Å². The van der Waals surface area contributed by atoms with E-state index in [1.54, 1.807) is 12.3 Å². The molecule has 3 rings (SSSR count). The smallest absolute Gasteiger partial charge is 0.101 e. The Balaban J connectivity index is 2.07. The van der Waals surface area contributed by atoms with E-state index in [2.05, 4.69) is 16.0 Å². The predicted octanol–water partition coefficient (Wildman–Crippen LogP) is 1.69. The van der Waals surface area contributed by atoms with Gasteiger partial charge in [-0.1, -0.05) is 0 Å². The lowest BCUT2D eigenvalue weighted by molar-refractivity contribution is -0.0420. The van der Waals surface area contributed by atoms with Gasteiger partial charge in [-0.15, -0.1) is 0 Å². The third kappa shape index (κ3) is 2.56. The summed E-state index contributed by atoms with van der Waals surface area (Å²) in [7, 11) is 0. The summed E-state index contributed by atoms with van der Waals surface area (Å²) in [6.45, 7) is 3.40. The average molecular weight is 283 g/mol. The van der Waals surface area contributed by atoms with Gasteiger partial charge in [-0.05, 0) is 31.2 Å². The highest BCUT2D eigenvalue weighted by Crippen LogP contribution is 2.30. The van der Waals surface area contributed by atoms with Crippen LogP contribution in [0.5, 0.6) is 0 Å². The number of rotatable bonds is 2. The number of nitrogens with zero attached hydrogens (tertiary/aromatic N) is 3. The first kappa shape index (κ1) is 13.8. The normalized spacial score (nSPS) is 22.2. The summed E-state index contributed by atoms with van der Waals surface area (Å²) in [5.41, 5.74) is 2.33. The van der Waals surface area contributed by atoms with Crippen molar-refractivity contribution in [3.05, 3.63) is 36.0 Å². The Kier molecular flexibility index (Phi) is 3.74. The molecule has 1 saturated heterocycles. The number of benzene rings is 1. The summed E-state index contributed by atoms with van der Waals surface area (Å²) in [4.78, 5) is 6.53. The number of pyridine rings is 1. The van der Waals surface area contributed by atoms with E-state index in [0.29, 0.717) is 12.1 Å². The lowest BCUT2D eigenvalue weighted by Gasteiger charge is -2.38. The molecule has 0 aliphatic carbocycles. The molecule has 108 valence electrons. The van der Waals surface area contributed by atoms with E-state index in [4.69, 9.17) is 4.74 Å². The van der Waals surface area contributed by atoms with Crippen molar-refractivity contribution >= 4 is 16.6 Å². The largest absolute Gasteiger partial charge is 0.394 e. The van der Waals surface area contributed by atoms with Crippen molar-refractivity contribution < 1.29 is 9.84 Å². The number of aromatic nitrogens is 1. The van der Waals surface area contributed by atoms with Gasteiger partial charge in [0.2, 0.25) is 0 Å². The second-order valence-electron chi connectivity index (χ2n) is 5.30. The fourth-order valence-corrected chi connectivity index (χ4v) is 2.87. The van der Waals surface area contributed by atoms with Gasteiger partial charge in [-0.3, -0.25) is 4.98 Å². The van der Waals surface area contributed by atoms with Crippen LogP contribution in [0.4, 0.5) is 5.69 Å². The van der Waals surface area contributed by atoms with Crippen LogP contribution in [-0.2, 0) is 4.74 Å². The van der Waals surface area contributed by atoms with Crippen molar-refractivity contribution in [2.45, 2.75) is 19.1 Å². The molecule has 1 aromatic heterocycles. The van der Waals surface area contributed by atoms with Gasteiger partial charge < -0.3 is 14.7 Å². The molecule has 2 aromatic rings. The van der Waals surface area contributed by atoms with E-state index < -0.39 is 0 Å². The first-order valence-corrected chi connectivity index (χ1v) is 7.02. The zero-order valence-corrected chi connectivity index (χ0v) is 11.9. The van der Waals surface area contributed by atoms with Crippen molar-refractivity contribution in [2.24, 2.45) is 0 Å². The lowest BCUT2D eigenvalue weighted by Crippen LogP contribution is -2.48. The fourth-order valence-electron chi connectivity index (χ4n) is 2.87. The molecule has 0 spiro atoms. The summed E-state index contributed by atoms with van der Waals surface area (Å²) < 4.78 is 5.68. The van der Waals surface area contributed by atoms with Crippen LogP contribution in [0.3, 0.4) is 0 Å². The molecular weight excluding hydrogens is 266 g/mol. The van der Waals surface area contributed by atoms with E-state index in [0.717, 1.165) is 23.1 Å². The summed E-state index contributed by atoms with van der Waals surface area (Å²) in [5.74, 6) is 0. The molecule has 1 aliphatic rings. The molecule has 1 N–H and O–H groups in total. The van der Waals surface area contributed by atoms with Gasteiger partial charge in [-0.25, -0.2) is 0 Å². The first-order valence-electron chi connectivity index (χ1n) is 7.02. The number of morpholine rings is 1. The van der Waals surface area contributed by atoms with Crippen LogP contribution >= 0.6 is 0 Å². The van der Waals surface area contributed by atoms with Crippen LogP contribution < -0.4 is 4.90 Å². The molecule has 5 heteroatoms. The van der Waals surface area contributed by atoms with Crippen molar-refractivity contribution in [1.82, 2.24) is 4.98 Å². The van der Waals surface area contributed by atoms with Crippen LogP contribution in [0.25, 0.3) is 10.9 Å². The minimum atomic E-state index is -0.184. The highest BCUT2D eigenvalue weighted by molar-refractivity contribution is 5.95. The number of hydrogen-bond acceptors (Lipinski definition) is 5. The third-order valence-electron chi connectivity index (χ3n) is 3.74. The van der Waals surface area contributed by atoms with Crippen LogP contribution in [-0.4, -0.2) is 42.0 Å². The third-order valence-corrected chi connectivity index (χ3v) is 3.74. The van der Waals surface area contributed by atoms with Gasteiger partial charge in [0.05, 0.1) is 29.9 Å². The fraction of sp³-hybridized carbons (Fsp3) is 0.375. The van der Waals surface area contributed by atoms with E-state index in [1.165, 1.54) is 0 Å². The number of aliphatic hydroxyl groups is 1. The van der Waals surface area contributed by atoms with Crippen LogP contribution in [0, 0.1) is 11.3 Å². The minimum absolute atomic E-state index is 0.00724. The Morgan fingerprint density at radius 2 is 2.29 bits per heavy atom.